The van der Waals surface area contributed by atoms with Crippen LogP contribution in [0.15, 0.2) is 30.3 Å². The van der Waals surface area contributed by atoms with Gasteiger partial charge in [0.2, 0.25) is 11.8 Å². The van der Waals surface area contributed by atoms with Gasteiger partial charge in [-0.25, -0.2) is 4.79 Å². The monoisotopic (exact) mass is 332 g/mol. The van der Waals surface area contributed by atoms with Crippen molar-refractivity contribution >= 4 is 17.8 Å². The molecule has 1 aliphatic heterocycles. The van der Waals surface area contributed by atoms with Crippen LogP contribution in [0.5, 0.6) is 0 Å². The molecule has 0 bridgehead atoms. The van der Waals surface area contributed by atoms with E-state index in [4.69, 9.17) is 0 Å². The van der Waals surface area contributed by atoms with Crippen LogP contribution >= 0.6 is 0 Å². The van der Waals surface area contributed by atoms with Crippen molar-refractivity contribution in [2.45, 2.75) is 51.1 Å². The SMILES string of the molecule is CCCC(=O)NC(Cc1ccccc1)C(=O)N1CCCC1C(=O)O. The van der Waals surface area contributed by atoms with Crippen LogP contribution in [0.2, 0.25) is 0 Å². The van der Waals surface area contributed by atoms with Gasteiger partial charge in [0.1, 0.15) is 12.1 Å². The Kier molecular flexibility index (Phi) is 6.35. The van der Waals surface area contributed by atoms with Crippen LogP contribution in [0, 0.1) is 0 Å². The second-order valence-corrected chi connectivity index (χ2v) is 6.09. The lowest BCUT2D eigenvalue weighted by Crippen LogP contribution is -2.52. The fraction of sp³-hybridized carbons (Fsp3) is 0.500. The maximum Gasteiger partial charge on any atom is 0.326 e. The predicted octanol–water partition coefficient (Wildman–Crippen LogP) is 1.59. The van der Waals surface area contributed by atoms with Gasteiger partial charge in [0, 0.05) is 19.4 Å². The normalized spacial score (nSPS) is 18.2. The van der Waals surface area contributed by atoms with Gasteiger partial charge < -0.3 is 15.3 Å². The number of amides is 2. The first-order valence-electron chi connectivity index (χ1n) is 8.39. The Morgan fingerprint density at radius 3 is 2.62 bits per heavy atom. The van der Waals surface area contributed by atoms with E-state index in [2.05, 4.69) is 5.32 Å². The van der Waals surface area contributed by atoms with E-state index < -0.39 is 18.1 Å². The Balaban J connectivity index is 2.15. The lowest BCUT2D eigenvalue weighted by Gasteiger charge is -2.27. The van der Waals surface area contributed by atoms with Gasteiger partial charge >= 0.3 is 5.97 Å². The summed E-state index contributed by atoms with van der Waals surface area (Å²) in [7, 11) is 0. The van der Waals surface area contributed by atoms with E-state index in [1.807, 2.05) is 37.3 Å². The van der Waals surface area contributed by atoms with Gasteiger partial charge in [0.25, 0.3) is 0 Å². The molecule has 1 aromatic carbocycles. The predicted molar refractivity (Wildman–Crippen MR) is 89.4 cm³/mol. The van der Waals surface area contributed by atoms with E-state index >= 15 is 0 Å². The Morgan fingerprint density at radius 2 is 2.00 bits per heavy atom. The number of carboxylic acids is 1. The highest BCUT2D eigenvalue weighted by molar-refractivity contribution is 5.91. The molecule has 6 nitrogen and oxygen atoms in total. The Morgan fingerprint density at radius 1 is 1.29 bits per heavy atom. The van der Waals surface area contributed by atoms with Crippen molar-refractivity contribution in [3.8, 4) is 0 Å². The zero-order chi connectivity index (χ0) is 17.5. The lowest BCUT2D eigenvalue weighted by molar-refractivity contribution is -0.149. The van der Waals surface area contributed by atoms with Crippen molar-refractivity contribution in [1.29, 1.82) is 0 Å². The standard InChI is InChI=1S/C18H24N2O4/c1-2-7-16(21)19-14(12-13-8-4-3-5-9-13)17(22)20-11-6-10-15(20)18(23)24/h3-5,8-9,14-15H,2,6-7,10-12H2,1H3,(H,19,21)(H,23,24). The zero-order valence-corrected chi connectivity index (χ0v) is 13.9. The minimum absolute atomic E-state index is 0.183. The fourth-order valence-electron chi connectivity index (χ4n) is 3.03. The van der Waals surface area contributed by atoms with E-state index in [-0.39, 0.29) is 11.8 Å². The van der Waals surface area contributed by atoms with Gasteiger partial charge in [-0.3, -0.25) is 9.59 Å². The molecule has 1 aliphatic rings. The number of nitrogens with zero attached hydrogens (tertiary/aromatic N) is 1. The molecule has 1 heterocycles. The van der Waals surface area contributed by atoms with Gasteiger partial charge in [-0.05, 0) is 24.8 Å². The van der Waals surface area contributed by atoms with Crippen molar-refractivity contribution < 1.29 is 19.5 Å². The van der Waals surface area contributed by atoms with Crippen LogP contribution in [0.25, 0.3) is 0 Å². The molecule has 2 rings (SSSR count). The summed E-state index contributed by atoms with van der Waals surface area (Å²) in [6, 6.07) is 7.90. The molecule has 130 valence electrons. The summed E-state index contributed by atoms with van der Waals surface area (Å²) in [5.41, 5.74) is 0.929. The summed E-state index contributed by atoms with van der Waals surface area (Å²) in [6.45, 7) is 2.32. The van der Waals surface area contributed by atoms with Crippen molar-refractivity contribution in [2.75, 3.05) is 6.54 Å². The third-order valence-electron chi connectivity index (χ3n) is 4.21. The molecular formula is C18H24N2O4. The van der Waals surface area contributed by atoms with Crippen LogP contribution in [0.4, 0.5) is 0 Å². The molecule has 2 unspecified atom stereocenters. The number of carboxylic acid groups (broad SMARTS) is 1. The molecule has 0 radical (unpaired) electrons. The van der Waals surface area contributed by atoms with Crippen molar-refractivity contribution in [2.24, 2.45) is 0 Å². The van der Waals surface area contributed by atoms with Gasteiger partial charge in [0.15, 0.2) is 0 Å². The number of aliphatic carboxylic acids is 1. The smallest absolute Gasteiger partial charge is 0.326 e. The fourth-order valence-corrected chi connectivity index (χ4v) is 3.03. The number of carbonyl (C=O) groups is 3. The van der Waals surface area contributed by atoms with Gasteiger partial charge in [-0.2, -0.15) is 0 Å². The number of likely N-dealkylation sites (tertiary alicyclic amines) is 1. The number of nitrogens with one attached hydrogen (secondary N) is 1. The average molecular weight is 332 g/mol. The van der Waals surface area contributed by atoms with E-state index in [0.717, 1.165) is 5.56 Å². The second-order valence-electron chi connectivity index (χ2n) is 6.09. The summed E-state index contributed by atoms with van der Waals surface area (Å²) in [5.74, 6) is -1.48. The number of carbonyl (C=O) groups excluding carboxylic acids is 2. The molecule has 1 fully saturated rings. The summed E-state index contributed by atoms with van der Waals surface area (Å²) < 4.78 is 0. The molecule has 2 atom stereocenters. The molecule has 0 saturated carbocycles. The Hall–Kier alpha value is -2.37. The minimum atomic E-state index is -0.987. The quantitative estimate of drug-likeness (QED) is 0.794. The second kappa shape index (κ2) is 8.47. The van der Waals surface area contributed by atoms with Gasteiger partial charge in [0.05, 0.1) is 0 Å². The third-order valence-corrected chi connectivity index (χ3v) is 4.21. The maximum atomic E-state index is 12.9. The van der Waals surface area contributed by atoms with Crippen LogP contribution in [0.3, 0.4) is 0 Å². The first-order chi connectivity index (χ1) is 11.5. The lowest BCUT2D eigenvalue weighted by atomic mass is 10.0. The molecule has 2 N–H and O–H groups in total. The molecule has 24 heavy (non-hydrogen) atoms. The van der Waals surface area contributed by atoms with E-state index in [0.29, 0.717) is 38.6 Å². The zero-order valence-electron chi connectivity index (χ0n) is 13.9. The van der Waals surface area contributed by atoms with E-state index in [1.165, 1.54) is 4.90 Å². The molecule has 1 saturated heterocycles. The summed E-state index contributed by atoms with van der Waals surface area (Å²) in [6.07, 6.45) is 2.53. The van der Waals surface area contributed by atoms with Crippen molar-refractivity contribution in [1.82, 2.24) is 10.2 Å². The summed E-state index contributed by atoms with van der Waals surface area (Å²) in [4.78, 5) is 37.6. The number of rotatable bonds is 7. The van der Waals surface area contributed by atoms with Gasteiger partial charge in [-0.1, -0.05) is 37.3 Å². The molecule has 6 heteroatoms. The van der Waals surface area contributed by atoms with Gasteiger partial charge in [-0.15, -0.1) is 0 Å². The highest BCUT2D eigenvalue weighted by Gasteiger charge is 2.37. The van der Waals surface area contributed by atoms with Crippen LogP contribution < -0.4 is 5.32 Å². The highest BCUT2D eigenvalue weighted by atomic mass is 16.4. The number of hydrogen-bond acceptors (Lipinski definition) is 3. The maximum absolute atomic E-state index is 12.9. The Labute approximate surface area is 141 Å². The number of hydrogen-bond donors (Lipinski definition) is 2. The summed E-state index contributed by atoms with van der Waals surface area (Å²) in [5, 5.41) is 12.1. The first-order valence-corrected chi connectivity index (χ1v) is 8.39. The molecule has 0 aromatic heterocycles. The van der Waals surface area contributed by atoms with Crippen LogP contribution in [-0.4, -0.2) is 46.4 Å². The third kappa shape index (κ3) is 4.57. The molecular weight excluding hydrogens is 308 g/mol. The summed E-state index contributed by atoms with van der Waals surface area (Å²) >= 11 is 0. The average Bonchev–Trinajstić information content (AvgIpc) is 3.04. The molecule has 1 aromatic rings. The van der Waals surface area contributed by atoms with Crippen LogP contribution in [-0.2, 0) is 20.8 Å². The largest absolute Gasteiger partial charge is 0.480 e. The highest BCUT2D eigenvalue weighted by Crippen LogP contribution is 2.19. The topological polar surface area (TPSA) is 86.7 Å². The van der Waals surface area contributed by atoms with Crippen molar-refractivity contribution in [3.63, 3.8) is 0 Å². The van der Waals surface area contributed by atoms with Crippen molar-refractivity contribution in [3.05, 3.63) is 35.9 Å². The molecule has 0 aliphatic carbocycles. The number of benzene rings is 1. The van der Waals surface area contributed by atoms with E-state index in [9.17, 15) is 19.5 Å². The minimum Gasteiger partial charge on any atom is -0.480 e. The molecule has 0 spiro atoms. The first kappa shape index (κ1) is 18.0. The molecule has 2 amide bonds. The van der Waals surface area contributed by atoms with Crippen LogP contribution in [0.1, 0.15) is 38.2 Å². The van der Waals surface area contributed by atoms with E-state index in [1.54, 1.807) is 0 Å². The Bertz CT molecular complexity index is 588.